The van der Waals surface area contributed by atoms with Crippen LogP contribution in [0.2, 0.25) is 0 Å². The average molecular weight is 533 g/mol. The van der Waals surface area contributed by atoms with E-state index in [-0.39, 0.29) is 16.9 Å². The summed E-state index contributed by atoms with van der Waals surface area (Å²) in [5, 5.41) is 0.564. The second-order valence-corrected chi connectivity index (χ2v) is 12.1. The van der Waals surface area contributed by atoms with Gasteiger partial charge in [0.2, 0.25) is 10.0 Å². The molecule has 1 fully saturated rings. The number of aromatic nitrogens is 1. The SMILES string of the molecule is COc1cccc2sc(N(CCN(C)C)C(=O)c3ccc(S(=O)(=O)N(C)CC4CCCO4)cc3)nc12. The number of hydrogen-bond acceptors (Lipinski definition) is 8. The van der Waals surface area contributed by atoms with Crippen molar-refractivity contribution < 1.29 is 22.7 Å². The molecular formula is C25H32N4O5S2. The number of methoxy groups -OCH3 is 1. The number of nitrogens with zero attached hydrogens (tertiary/aromatic N) is 4. The molecule has 9 nitrogen and oxygen atoms in total. The van der Waals surface area contributed by atoms with Gasteiger partial charge in [0.15, 0.2) is 5.13 Å². The quantitative estimate of drug-likeness (QED) is 0.396. The van der Waals surface area contributed by atoms with Gasteiger partial charge in [-0.15, -0.1) is 0 Å². The van der Waals surface area contributed by atoms with Crippen LogP contribution in [-0.4, -0.2) is 89.1 Å². The van der Waals surface area contributed by atoms with Gasteiger partial charge in [0.25, 0.3) is 5.91 Å². The minimum absolute atomic E-state index is 0.0803. The van der Waals surface area contributed by atoms with Crippen molar-refractivity contribution in [3.05, 3.63) is 48.0 Å². The molecule has 4 rings (SSSR count). The number of anilines is 1. The first-order valence-electron chi connectivity index (χ1n) is 11.8. The molecule has 1 aromatic heterocycles. The van der Waals surface area contributed by atoms with Crippen LogP contribution in [0.25, 0.3) is 10.2 Å². The Balaban J connectivity index is 1.58. The normalized spacial score (nSPS) is 16.2. The van der Waals surface area contributed by atoms with E-state index in [9.17, 15) is 13.2 Å². The first-order valence-corrected chi connectivity index (χ1v) is 14.0. The minimum atomic E-state index is -3.69. The van der Waals surface area contributed by atoms with Crippen LogP contribution < -0.4 is 9.64 Å². The molecule has 1 aliphatic heterocycles. The molecule has 194 valence electrons. The minimum Gasteiger partial charge on any atom is -0.494 e. The third-order valence-electron chi connectivity index (χ3n) is 6.13. The third kappa shape index (κ3) is 5.70. The molecule has 0 radical (unpaired) electrons. The molecular weight excluding hydrogens is 500 g/mol. The van der Waals surface area contributed by atoms with Crippen molar-refractivity contribution >= 4 is 42.6 Å². The standard InChI is InChI=1S/C25H32N4O5S2/c1-27(2)14-15-29(25-26-23-21(33-4)8-5-9-22(23)35-25)24(30)18-10-12-20(13-11-18)36(31,32)28(3)17-19-7-6-16-34-19/h5,8-13,19H,6-7,14-17H2,1-4H3. The molecule has 0 saturated carbocycles. The molecule has 0 bridgehead atoms. The first-order chi connectivity index (χ1) is 17.2. The molecule has 11 heteroatoms. The van der Waals surface area contributed by atoms with Crippen LogP contribution >= 0.6 is 11.3 Å². The number of amides is 1. The fourth-order valence-corrected chi connectivity index (χ4v) is 6.26. The Bertz CT molecular complexity index is 1300. The molecule has 1 atom stereocenters. The lowest BCUT2D eigenvalue weighted by Gasteiger charge is -2.22. The predicted molar refractivity (Wildman–Crippen MR) is 142 cm³/mol. The van der Waals surface area contributed by atoms with Crippen molar-refractivity contribution in [2.45, 2.75) is 23.8 Å². The van der Waals surface area contributed by atoms with Gasteiger partial charge in [-0.25, -0.2) is 13.4 Å². The highest BCUT2D eigenvalue weighted by molar-refractivity contribution is 7.89. The summed E-state index contributed by atoms with van der Waals surface area (Å²) in [7, 11) is 3.34. The second-order valence-electron chi connectivity index (χ2n) is 9.01. The van der Waals surface area contributed by atoms with Gasteiger partial charge < -0.3 is 14.4 Å². The maximum Gasteiger partial charge on any atom is 0.260 e. The Morgan fingerprint density at radius 1 is 1.14 bits per heavy atom. The van der Waals surface area contributed by atoms with Crippen LogP contribution in [0, 0.1) is 0 Å². The van der Waals surface area contributed by atoms with Crippen LogP contribution in [0.3, 0.4) is 0 Å². The lowest BCUT2D eigenvalue weighted by atomic mass is 10.2. The lowest BCUT2D eigenvalue weighted by molar-refractivity contribution is 0.0978. The zero-order valence-electron chi connectivity index (χ0n) is 21.0. The summed E-state index contributed by atoms with van der Waals surface area (Å²) in [6, 6.07) is 11.8. The first kappa shape index (κ1) is 26.5. The van der Waals surface area contributed by atoms with Gasteiger partial charge in [-0.05, 0) is 63.3 Å². The average Bonchev–Trinajstić information content (AvgIpc) is 3.53. The summed E-state index contributed by atoms with van der Waals surface area (Å²) < 4.78 is 39.3. The largest absolute Gasteiger partial charge is 0.494 e. The van der Waals surface area contributed by atoms with E-state index in [0.717, 1.165) is 17.5 Å². The van der Waals surface area contributed by atoms with Gasteiger partial charge in [0.05, 0.1) is 22.8 Å². The summed E-state index contributed by atoms with van der Waals surface area (Å²) >= 11 is 1.42. The molecule has 1 saturated heterocycles. The van der Waals surface area contributed by atoms with Gasteiger partial charge in [-0.1, -0.05) is 17.4 Å². The molecule has 1 unspecified atom stereocenters. The molecule has 2 aromatic carbocycles. The van der Waals surface area contributed by atoms with Crippen LogP contribution in [0.1, 0.15) is 23.2 Å². The molecule has 0 aliphatic carbocycles. The predicted octanol–water partition coefficient (Wildman–Crippen LogP) is 3.31. The highest BCUT2D eigenvalue weighted by Crippen LogP contribution is 2.34. The van der Waals surface area contributed by atoms with Gasteiger partial charge in [0, 0.05) is 38.9 Å². The van der Waals surface area contributed by atoms with Crippen molar-refractivity contribution in [1.29, 1.82) is 0 Å². The summed E-state index contributed by atoms with van der Waals surface area (Å²) in [6.07, 6.45) is 1.72. The number of rotatable bonds is 10. The van der Waals surface area contributed by atoms with Crippen molar-refractivity contribution in [2.75, 3.05) is 59.4 Å². The fourth-order valence-electron chi connectivity index (χ4n) is 4.05. The lowest BCUT2D eigenvalue weighted by Crippen LogP contribution is -2.37. The van der Waals surface area contributed by atoms with Gasteiger partial charge >= 0.3 is 0 Å². The Morgan fingerprint density at radius 3 is 2.53 bits per heavy atom. The smallest absolute Gasteiger partial charge is 0.260 e. The van der Waals surface area contributed by atoms with E-state index >= 15 is 0 Å². The maximum absolute atomic E-state index is 13.6. The maximum atomic E-state index is 13.6. The van der Waals surface area contributed by atoms with E-state index in [1.54, 1.807) is 31.2 Å². The Hall–Kier alpha value is -2.57. The number of para-hydroxylation sites is 1. The van der Waals surface area contributed by atoms with Crippen molar-refractivity contribution in [3.8, 4) is 5.75 Å². The van der Waals surface area contributed by atoms with Crippen molar-refractivity contribution in [3.63, 3.8) is 0 Å². The summed E-state index contributed by atoms with van der Waals surface area (Å²) in [5.74, 6) is 0.406. The number of ether oxygens (including phenoxy) is 2. The summed E-state index contributed by atoms with van der Waals surface area (Å²) in [4.78, 5) is 22.1. The summed E-state index contributed by atoms with van der Waals surface area (Å²) in [5.41, 5.74) is 1.10. The van der Waals surface area contributed by atoms with E-state index < -0.39 is 10.0 Å². The van der Waals surface area contributed by atoms with E-state index in [1.165, 1.54) is 27.8 Å². The highest BCUT2D eigenvalue weighted by atomic mass is 32.2. The number of thiazole rings is 1. The molecule has 0 N–H and O–H groups in total. The second kappa shape index (κ2) is 11.2. The summed E-state index contributed by atoms with van der Waals surface area (Å²) in [6.45, 7) is 2.04. The van der Waals surface area contributed by atoms with E-state index in [4.69, 9.17) is 14.5 Å². The zero-order valence-corrected chi connectivity index (χ0v) is 22.6. The molecule has 1 amide bonds. The van der Waals surface area contributed by atoms with Crippen molar-refractivity contribution in [1.82, 2.24) is 14.2 Å². The molecule has 2 heterocycles. The van der Waals surface area contributed by atoms with Gasteiger partial charge in [-0.2, -0.15) is 4.31 Å². The monoisotopic (exact) mass is 532 g/mol. The number of carbonyl (C=O) groups is 1. The Kier molecular flexibility index (Phi) is 8.26. The third-order valence-corrected chi connectivity index (χ3v) is 9.01. The van der Waals surface area contributed by atoms with Gasteiger partial charge in [0.1, 0.15) is 11.3 Å². The number of hydrogen-bond donors (Lipinski definition) is 0. The zero-order chi connectivity index (χ0) is 25.9. The number of benzene rings is 2. The Labute approximate surface area is 216 Å². The fraction of sp³-hybridized carbons (Fsp3) is 0.440. The molecule has 0 spiro atoms. The van der Waals surface area contributed by atoms with E-state index in [1.807, 2.05) is 37.2 Å². The molecule has 36 heavy (non-hydrogen) atoms. The van der Waals surface area contributed by atoms with E-state index in [0.29, 0.717) is 48.2 Å². The van der Waals surface area contributed by atoms with Crippen LogP contribution in [0.5, 0.6) is 5.75 Å². The Morgan fingerprint density at radius 2 is 1.89 bits per heavy atom. The van der Waals surface area contributed by atoms with Gasteiger partial charge in [-0.3, -0.25) is 9.69 Å². The van der Waals surface area contributed by atoms with Crippen molar-refractivity contribution in [2.24, 2.45) is 0 Å². The van der Waals surface area contributed by atoms with Crippen LogP contribution in [0.4, 0.5) is 5.13 Å². The van der Waals surface area contributed by atoms with Crippen LogP contribution in [0.15, 0.2) is 47.4 Å². The number of sulfonamides is 1. The highest BCUT2D eigenvalue weighted by Gasteiger charge is 2.27. The number of likely N-dealkylation sites (N-methyl/N-ethyl adjacent to an activating group) is 2. The van der Waals surface area contributed by atoms with Crippen LogP contribution in [-0.2, 0) is 14.8 Å². The number of fused-ring (bicyclic) bond motifs is 1. The van der Waals surface area contributed by atoms with E-state index in [2.05, 4.69) is 0 Å². The topological polar surface area (TPSA) is 92.3 Å². The molecule has 1 aliphatic rings. The molecule has 3 aromatic rings. The number of carbonyl (C=O) groups excluding carboxylic acids is 1.